The fraction of sp³-hybridized carbons (Fsp3) is 0.167. The van der Waals surface area contributed by atoms with Gasteiger partial charge in [0.05, 0.1) is 4.70 Å². The quantitative estimate of drug-likeness (QED) is 0.457. The summed E-state index contributed by atoms with van der Waals surface area (Å²) in [5.41, 5.74) is 3.29. The average molecular weight is 331 g/mol. The summed E-state index contributed by atoms with van der Waals surface area (Å²) in [4.78, 5) is 5.47. The van der Waals surface area contributed by atoms with Crippen molar-refractivity contribution in [2.75, 3.05) is 0 Å². The Morgan fingerprint density at radius 1 is 1.14 bits per heavy atom. The van der Waals surface area contributed by atoms with Crippen LogP contribution in [0.25, 0.3) is 15.2 Å². The molecule has 112 valence electrons. The van der Waals surface area contributed by atoms with Crippen molar-refractivity contribution < 1.29 is 38.4 Å². The number of aromatic nitrogens is 2. The topological polar surface area (TPSA) is 129 Å². The summed E-state index contributed by atoms with van der Waals surface area (Å²) in [5.74, 6) is 0.300. The molecular formula is C12H11ClN2O5S. The number of halogens is 1. The number of phenols is 1. The van der Waals surface area contributed by atoms with E-state index in [1.165, 1.54) is 5.69 Å². The van der Waals surface area contributed by atoms with E-state index in [2.05, 4.69) is 22.4 Å². The van der Waals surface area contributed by atoms with E-state index in [4.69, 9.17) is 18.6 Å². The van der Waals surface area contributed by atoms with Crippen LogP contribution in [0.3, 0.4) is 0 Å². The second-order valence-corrected chi connectivity index (χ2v) is 6.05. The Bertz CT molecular complexity index is 794. The largest absolute Gasteiger partial charge is 0.508 e. The molecule has 0 radical (unpaired) electrons. The van der Waals surface area contributed by atoms with Crippen molar-refractivity contribution in [1.82, 2.24) is 4.98 Å². The Kier molecular flexibility index (Phi) is 4.28. The number of hydrogen-bond acceptors (Lipinski definition) is 7. The Morgan fingerprint density at radius 2 is 1.76 bits per heavy atom. The van der Waals surface area contributed by atoms with E-state index in [0.29, 0.717) is 5.75 Å². The lowest BCUT2D eigenvalue weighted by atomic mass is 10.3. The van der Waals surface area contributed by atoms with Crippen LogP contribution in [-0.2, 0) is 0 Å². The molecule has 0 unspecified atom stereocenters. The van der Waals surface area contributed by atoms with Crippen LogP contribution in [0.4, 0.5) is 0 Å². The predicted molar refractivity (Wildman–Crippen MR) is 63.9 cm³/mol. The van der Waals surface area contributed by atoms with Gasteiger partial charge in [-0.3, -0.25) is 0 Å². The summed E-state index contributed by atoms with van der Waals surface area (Å²) < 4.78 is 37.1. The molecule has 2 aromatic heterocycles. The molecule has 0 aliphatic rings. The second kappa shape index (κ2) is 5.68. The zero-order valence-corrected chi connectivity index (χ0v) is 12.6. The van der Waals surface area contributed by atoms with Gasteiger partial charge < -0.3 is 5.11 Å². The van der Waals surface area contributed by atoms with Crippen molar-refractivity contribution in [2.24, 2.45) is 0 Å². The Hall–Kier alpha value is -1.55. The predicted octanol–water partition coefficient (Wildman–Crippen LogP) is -2.40. The van der Waals surface area contributed by atoms with E-state index in [-0.39, 0.29) is 0 Å². The minimum atomic E-state index is -4.94. The van der Waals surface area contributed by atoms with Crippen molar-refractivity contribution in [3.05, 3.63) is 35.7 Å². The van der Waals surface area contributed by atoms with E-state index >= 15 is 0 Å². The Labute approximate surface area is 125 Å². The minimum absolute atomic E-state index is 0.300. The molecule has 0 aliphatic heterocycles. The molecule has 0 spiro atoms. The smallest absolute Gasteiger partial charge is 0.388 e. The summed E-state index contributed by atoms with van der Waals surface area (Å²) in [6.07, 6.45) is 0. The van der Waals surface area contributed by atoms with Crippen LogP contribution < -0.4 is 23.0 Å². The number of aryl methyl sites for hydroxylation is 2. The van der Waals surface area contributed by atoms with Crippen molar-refractivity contribution in [1.29, 1.82) is 0 Å². The average Bonchev–Trinajstić information content (AvgIpc) is 2.63. The first-order valence-electron chi connectivity index (χ1n) is 5.68. The van der Waals surface area contributed by atoms with Crippen molar-refractivity contribution in [2.45, 2.75) is 13.8 Å². The first-order chi connectivity index (χ1) is 9.65. The lowest BCUT2D eigenvalue weighted by Gasteiger charge is -2.17. The molecule has 2 heterocycles. The first kappa shape index (κ1) is 15.8. The highest BCUT2D eigenvalue weighted by molar-refractivity contribution is 7.22. The standard InChI is InChI=1S/C12H10N2OS.ClHO4/c1-7-5-8(2)14-10-4-3-9(15)6-11(10)16-12(14)13-7;2-1(3,4)5/h3-6H,1-2H3;(H,2,3,4,5). The maximum absolute atomic E-state index is 9.46. The van der Waals surface area contributed by atoms with Gasteiger partial charge in [0.1, 0.15) is 11.4 Å². The number of rotatable bonds is 0. The number of aromatic hydroxyl groups is 1. The van der Waals surface area contributed by atoms with Gasteiger partial charge in [0.2, 0.25) is 0 Å². The van der Waals surface area contributed by atoms with Crippen LogP contribution in [0.2, 0.25) is 0 Å². The van der Waals surface area contributed by atoms with E-state index in [1.54, 1.807) is 23.5 Å². The van der Waals surface area contributed by atoms with Gasteiger partial charge in [-0.2, -0.15) is 4.40 Å². The number of hydrogen-bond donors (Lipinski definition) is 1. The van der Waals surface area contributed by atoms with Crippen LogP contribution >= 0.6 is 11.3 Å². The van der Waals surface area contributed by atoms with E-state index < -0.39 is 10.2 Å². The number of nitrogens with zero attached hydrogens (tertiary/aromatic N) is 2. The molecule has 1 aromatic carbocycles. The third kappa shape index (κ3) is 3.97. The van der Waals surface area contributed by atoms with Gasteiger partial charge in [0.15, 0.2) is 11.2 Å². The molecule has 0 atom stereocenters. The Balaban J connectivity index is 0.000000282. The molecule has 9 heteroatoms. The summed E-state index contributed by atoms with van der Waals surface area (Å²) in [6.45, 7) is 4.07. The molecule has 0 saturated heterocycles. The van der Waals surface area contributed by atoms with Crippen molar-refractivity contribution in [3.8, 4) is 5.75 Å². The summed E-state index contributed by atoms with van der Waals surface area (Å²) in [7, 11) is -4.94. The summed E-state index contributed by atoms with van der Waals surface area (Å²) in [6, 6.07) is 7.48. The van der Waals surface area contributed by atoms with Gasteiger partial charge in [0, 0.05) is 19.1 Å². The molecule has 1 N–H and O–H groups in total. The van der Waals surface area contributed by atoms with E-state index in [9.17, 15) is 5.11 Å². The molecule has 0 bridgehead atoms. The van der Waals surface area contributed by atoms with Gasteiger partial charge in [-0.1, -0.05) is 0 Å². The number of benzene rings is 1. The molecule has 21 heavy (non-hydrogen) atoms. The zero-order valence-electron chi connectivity index (χ0n) is 11.1. The molecule has 0 fully saturated rings. The van der Waals surface area contributed by atoms with Gasteiger partial charge in [-0.05, 0) is 35.4 Å². The van der Waals surface area contributed by atoms with Gasteiger partial charge >= 0.3 is 4.96 Å². The van der Waals surface area contributed by atoms with E-state index in [0.717, 1.165) is 20.9 Å². The third-order valence-corrected chi connectivity index (χ3v) is 3.62. The van der Waals surface area contributed by atoms with Crippen LogP contribution in [0.5, 0.6) is 5.75 Å². The minimum Gasteiger partial charge on any atom is -0.508 e. The fourth-order valence-electron chi connectivity index (χ4n) is 1.98. The van der Waals surface area contributed by atoms with Crippen LogP contribution in [0, 0.1) is 24.1 Å². The SMILES string of the molecule is Cc1cc(C)[n+]2c(n1)sc1cc(O)ccc12.[O-][Cl+3]([O-])([O-])[O-]. The summed E-state index contributed by atoms with van der Waals surface area (Å²) in [5, 5.41) is 9.46. The second-order valence-electron chi connectivity index (χ2n) is 4.29. The highest BCUT2D eigenvalue weighted by atomic mass is 35.7. The monoisotopic (exact) mass is 330 g/mol. The van der Waals surface area contributed by atoms with Crippen molar-refractivity contribution in [3.63, 3.8) is 0 Å². The van der Waals surface area contributed by atoms with Crippen LogP contribution in [0.1, 0.15) is 11.4 Å². The maximum Gasteiger partial charge on any atom is 0.388 e. The Morgan fingerprint density at radius 3 is 2.38 bits per heavy atom. The lowest BCUT2D eigenvalue weighted by molar-refractivity contribution is -2.00. The molecule has 7 nitrogen and oxygen atoms in total. The zero-order chi connectivity index (χ0) is 15.8. The van der Waals surface area contributed by atoms with E-state index in [1.807, 2.05) is 13.0 Å². The molecule has 3 rings (SSSR count). The molecule has 0 aliphatic carbocycles. The van der Waals surface area contributed by atoms with Gasteiger partial charge in [0.25, 0.3) is 0 Å². The van der Waals surface area contributed by atoms with Crippen molar-refractivity contribution >= 4 is 26.5 Å². The third-order valence-electron chi connectivity index (χ3n) is 2.62. The maximum atomic E-state index is 9.46. The summed E-state index contributed by atoms with van der Waals surface area (Å²) >= 11 is 1.60. The van der Waals surface area contributed by atoms with Gasteiger partial charge in [-0.25, -0.2) is 18.6 Å². The molecule has 0 saturated carbocycles. The van der Waals surface area contributed by atoms with Gasteiger partial charge in [-0.15, -0.1) is 10.2 Å². The highest BCUT2D eigenvalue weighted by Gasteiger charge is 2.16. The van der Waals surface area contributed by atoms with Crippen LogP contribution in [0.15, 0.2) is 24.3 Å². The fourth-order valence-corrected chi connectivity index (χ4v) is 3.14. The molecule has 0 amide bonds. The highest BCUT2D eigenvalue weighted by Crippen LogP contribution is 2.24. The number of thiazole rings is 1. The normalized spacial score (nSPS) is 11.5. The number of fused-ring (bicyclic) bond motifs is 3. The lowest BCUT2D eigenvalue weighted by Crippen LogP contribution is -2.68. The van der Waals surface area contributed by atoms with Crippen LogP contribution in [-0.4, -0.2) is 10.1 Å². The molecular weight excluding hydrogens is 320 g/mol. The molecule has 3 aromatic rings. The first-order valence-corrected chi connectivity index (χ1v) is 7.73. The number of phenolic OH excluding ortho intramolecular Hbond substituents is 1.